The van der Waals surface area contributed by atoms with Crippen molar-refractivity contribution in [2.24, 2.45) is 11.8 Å². The maximum Gasteiger partial charge on any atom is 0.236 e. The monoisotopic (exact) mass is 267 g/mol. The van der Waals surface area contributed by atoms with Crippen molar-refractivity contribution in [1.29, 1.82) is 0 Å². The number of hydrogen-bond donors (Lipinski definition) is 0. The van der Waals surface area contributed by atoms with Crippen LogP contribution >= 0.6 is 0 Å². The average Bonchev–Trinajstić information content (AvgIpc) is 3.04. The summed E-state index contributed by atoms with van der Waals surface area (Å²) in [5.74, 6) is 2.00. The van der Waals surface area contributed by atoms with E-state index in [4.69, 9.17) is 0 Å². The topological polar surface area (TPSA) is 26.8 Å². The number of carbonyl (C=O) groups is 1. The zero-order valence-electron chi connectivity index (χ0n) is 12.9. The SMILES string of the molecule is CC1CC1CN(CC(=O)N1CCN(C)CC1)C(C)C. The molecule has 0 N–H and O–H groups in total. The third kappa shape index (κ3) is 4.18. The van der Waals surface area contributed by atoms with Crippen molar-refractivity contribution in [3.63, 3.8) is 0 Å². The lowest BCUT2D eigenvalue weighted by atomic mass is 10.2. The maximum absolute atomic E-state index is 12.4. The molecular weight excluding hydrogens is 238 g/mol. The maximum atomic E-state index is 12.4. The molecule has 1 saturated carbocycles. The van der Waals surface area contributed by atoms with Gasteiger partial charge >= 0.3 is 0 Å². The molecule has 19 heavy (non-hydrogen) atoms. The lowest BCUT2D eigenvalue weighted by Gasteiger charge is -2.35. The Labute approximate surface area is 117 Å². The van der Waals surface area contributed by atoms with E-state index in [1.54, 1.807) is 0 Å². The van der Waals surface area contributed by atoms with Crippen LogP contribution in [0.15, 0.2) is 0 Å². The summed E-state index contributed by atoms with van der Waals surface area (Å²) in [6.07, 6.45) is 1.34. The van der Waals surface area contributed by atoms with Gasteiger partial charge in [-0.05, 0) is 39.2 Å². The standard InChI is InChI=1S/C15H29N3O/c1-12(2)18(10-14-9-13(14)3)11-15(19)17-7-5-16(4)6-8-17/h12-14H,5-11H2,1-4H3. The van der Waals surface area contributed by atoms with E-state index in [0.29, 0.717) is 18.5 Å². The molecule has 1 heterocycles. The van der Waals surface area contributed by atoms with Gasteiger partial charge in [-0.2, -0.15) is 0 Å². The van der Waals surface area contributed by atoms with Crippen molar-refractivity contribution in [1.82, 2.24) is 14.7 Å². The summed E-state index contributed by atoms with van der Waals surface area (Å²) in [6, 6.07) is 0.462. The van der Waals surface area contributed by atoms with Crippen molar-refractivity contribution >= 4 is 5.91 Å². The summed E-state index contributed by atoms with van der Waals surface area (Å²) < 4.78 is 0. The molecule has 110 valence electrons. The van der Waals surface area contributed by atoms with E-state index in [9.17, 15) is 4.79 Å². The lowest BCUT2D eigenvalue weighted by molar-refractivity contribution is -0.134. The molecule has 0 radical (unpaired) electrons. The van der Waals surface area contributed by atoms with E-state index >= 15 is 0 Å². The molecule has 4 nitrogen and oxygen atoms in total. The molecule has 2 aliphatic rings. The van der Waals surface area contributed by atoms with Crippen LogP contribution in [-0.2, 0) is 4.79 Å². The lowest BCUT2D eigenvalue weighted by Crippen LogP contribution is -2.51. The largest absolute Gasteiger partial charge is 0.339 e. The second-order valence-corrected chi connectivity index (χ2v) is 6.68. The predicted molar refractivity (Wildman–Crippen MR) is 78.1 cm³/mol. The highest BCUT2D eigenvalue weighted by Gasteiger charge is 2.35. The van der Waals surface area contributed by atoms with Gasteiger partial charge in [0, 0.05) is 38.8 Å². The first-order chi connectivity index (χ1) is 8.97. The van der Waals surface area contributed by atoms with E-state index in [1.807, 2.05) is 4.90 Å². The molecule has 0 aromatic heterocycles. The van der Waals surface area contributed by atoms with Crippen LogP contribution in [0.4, 0.5) is 0 Å². The molecule has 0 aromatic carbocycles. The summed E-state index contributed by atoms with van der Waals surface area (Å²) in [6.45, 7) is 12.2. The van der Waals surface area contributed by atoms with Gasteiger partial charge in [0.05, 0.1) is 6.54 Å². The molecule has 1 saturated heterocycles. The Morgan fingerprint density at radius 1 is 1.26 bits per heavy atom. The van der Waals surface area contributed by atoms with Gasteiger partial charge in [-0.25, -0.2) is 0 Å². The van der Waals surface area contributed by atoms with Crippen LogP contribution in [0.2, 0.25) is 0 Å². The molecule has 2 fully saturated rings. The molecule has 1 amide bonds. The van der Waals surface area contributed by atoms with Gasteiger partial charge in [0.2, 0.25) is 5.91 Å². The molecule has 2 rings (SSSR count). The Morgan fingerprint density at radius 3 is 2.32 bits per heavy atom. The highest BCUT2D eigenvalue weighted by molar-refractivity contribution is 5.78. The van der Waals surface area contributed by atoms with Crippen LogP contribution in [-0.4, -0.2) is 73.0 Å². The summed E-state index contributed by atoms with van der Waals surface area (Å²) in [7, 11) is 2.12. The van der Waals surface area contributed by atoms with Crippen molar-refractivity contribution < 1.29 is 4.79 Å². The molecule has 4 heteroatoms. The van der Waals surface area contributed by atoms with E-state index in [2.05, 4.69) is 37.6 Å². The number of nitrogens with zero attached hydrogens (tertiary/aromatic N) is 3. The Balaban J connectivity index is 1.80. The fourth-order valence-electron chi connectivity index (χ4n) is 2.74. The summed E-state index contributed by atoms with van der Waals surface area (Å²) in [4.78, 5) is 19.0. The second kappa shape index (κ2) is 6.23. The fraction of sp³-hybridized carbons (Fsp3) is 0.933. The minimum Gasteiger partial charge on any atom is -0.339 e. The first-order valence-corrected chi connectivity index (χ1v) is 7.67. The summed E-state index contributed by atoms with van der Waals surface area (Å²) in [5.41, 5.74) is 0. The highest BCUT2D eigenvalue weighted by Crippen LogP contribution is 2.38. The van der Waals surface area contributed by atoms with Crippen LogP contribution in [0.25, 0.3) is 0 Å². The second-order valence-electron chi connectivity index (χ2n) is 6.68. The third-order valence-corrected chi connectivity index (χ3v) is 4.67. The molecule has 1 aliphatic carbocycles. The predicted octanol–water partition coefficient (Wildman–Crippen LogP) is 1.13. The molecule has 2 atom stereocenters. The van der Waals surface area contributed by atoms with Gasteiger partial charge in [-0.15, -0.1) is 0 Å². The van der Waals surface area contributed by atoms with Crippen molar-refractivity contribution in [2.75, 3.05) is 46.3 Å². The quantitative estimate of drug-likeness (QED) is 0.747. The van der Waals surface area contributed by atoms with Crippen LogP contribution in [0, 0.1) is 11.8 Å². The average molecular weight is 267 g/mol. The minimum atomic E-state index is 0.315. The number of rotatable bonds is 5. The molecule has 0 spiro atoms. The zero-order chi connectivity index (χ0) is 14.0. The molecule has 1 aliphatic heterocycles. The molecule has 2 unspecified atom stereocenters. The van der Waals surface area contributed by atoms with Crippen LogP contribution < -0.4 is 0 Å². The fourth-order valence-corrected chi connectivity index (χ4v) is 2.74. The minimum absolute atomic E-state index is 0.315. The zero-order valence-corrected chi connectivity index (χ0v) is 12.9. The highest BCUT2D eigenvalue weighted by atomic mass is 16.2. The Hall–Kier alpha value is -0.610. The molecule has 0 bridgehead atoms. The number of carbonyl (C=O) groups excluding carboxylic acids is 1. The molecular formula is C15H29N3O. The van der Waals surface area contributed by atoms with E-state index in [0.717, 1.165) is 44.6 Å². The number of hydrogen-bond acceptors (Lipinski definition) is 3. The van der Waals surface area contributed by atoms with Gasteiger partial charge in [-0.1, -0.05) is 6.92 Å². The first kappa shape index (κ1) is 14.8. The van der Waals surface area contributed by atoms with Gasteiger partial charge in [0.15, 0.2) is 0 Å². The smallest absolute Gasteiger partial charge is 0.236 e. The first-order valence-electron chi connectivity index (χ1n) is 7.67. The normalized spacial score (nSPS) is 28.2. The Morgan fingerprint density at radius 2 is 1.84 bits per heavy atom. The van der Waals surface area contributed by atoms with Gasteiger partial charge in [0.25, 0.3) is 0 Å². The Kier molecular flexibility index (Phi) is 4.85. The van der Waals surface area contributed by atoms with E-state index < -0.39 is 0 Å². The van der Waals surface area contributed by atoms with Gasteiger partial charge < -0.3 is 9.80 Å². The van der Waals surface area contributed by atoms with Gasteiger partial charge in [-0.3, -0.25) is 9.69 Å². The number of amides is 1. The summed E-state index contributed by atoms with van der Waals surface area (Å²) in [5, 5.41) is 0. The number of likely N-dealkylation sites (N-methyl/N-ethyl adjacent to an activating group) is 1. The van der Waals surface area contributed by atoms with Gasteiger partial charge in [0.1, 0.15) is 0 Å². The van der Waals surface area contributed by atoms with E-state index in [1.165, 1.54) is 6.42 Å². The van der Waals surface area contributed by atoms with Crippen LogP contribution in [0.3, 0.4) is 0 Å². The number of piperazine rings is 1. The Bertz CT molecular complexity index is 311. The van der Waals surface area contributed by atoms with Crippen LogP contribution in [0.5, 0.6) is 0 Å². The van der Waals surface area contributed by atoms with Crippen molar-refractivity contribution in [3.8, 4) is 0 Å². The van der Waals surface area contributed by atoms with Crippen molar-refractivity contribution in [3.05, 3.63) is 0 Å². The van der Waals surface area contributed by atoms with E-state index in [-0.39, 0.29) is 0 Å². The third-order valence-electron chi connectivity index (χ3n) is 4.67. The summed E-state index contributed by atoms with van der Waals surface area (Å²) >= 11 is 0. The van der Waals surface area contributed by atoms with Crippen molar-refractivity contribution in [2.45, 2.75) is 33.2 Å². The van der Waals surface area contributed by atoms with Crippen LogP contribution in [0.1, 0.15) is 27.2 Å². The molecule has 0 aromatic rings.